The van der Waals surface area contributed by atoms with Crippen molar-refractivity contribution in [3.63, 3.8) is 0 Å². The Bertz CT molecular complexity index is 1140. The average molecular weight is 419 g/mol. The van der Waals surface area contributed by atoms with Crippen molar-refractivity contribution in [3.8, 4) is 0 Å². The number of nitrogens with zero attached hydrogens (tertiary/aromatic N) is 4. The Balaban J connectivity index is 1.57. The zero-order chi connectivity index (χ0) is 22.0. The van der Waals surface area contributed by atoms with E-state index in [1.807, 2.05) is 35.2 Å². The standard InChI is InChI=1S/C23H25N5O3/c1-26(23(31)16-7-3-2-4-8-16)17-10-11-19-18(15-17)25-22(21(24)30)28(19)14-6-13-27-12-5-9-20(27)29/h2-4,7-8,10-11,15H,5-6,9,12-14H2,1H3,(H2,24,30). The molecule has 2 aromatic carbocycles. The van der Waals surface area contributed by atoms with Gasteiger partial charge >= 0.3 is 0 Å². The molecule has 0 atom stereocenters. The Morgan fingerprint density at radius 1 is 1.13 bits per heavy atom. The lowest BCUT2D eigenvalue weighted by atomic mass is 10.2. The molecule has 0 spiro atoms. The molecular formula is C23H25N5O3. The summed E-state index contributed by atoms with van der Waals surface area (Å²) in [5.74, 6) is -0.383. The molecule has 0 bridgehead atoms. The van der Waals surface area contributed by atoms with E-state index in [2.05, 4.69) is 4.98 Å². The zero-order valence-electron chi connectivity index (χ0n) is 17.5. The molecule has 2 heterocycles. The van der Waals surface area contributed by atoms with Gasteiger partial charge in [-0.15, -0.1) is 0 Å². The summed E-state index contributed by atoms with van der Waals surface area (Å²) in [6, 6.07) is 14.5. The Kier molecular flexibility index (Phi) is 5.70. The van der Waals surface area contributed by atoms with Gasteiger partial charge in [0.2, 0.25) is 5.91 Å². The minimum Gasteiger partial charge on any atom is -0.363 e. The van der Waals surface area contributed by atoms with Crippen LogP contribution in [0.4, 0.5) is 5.69 Å². The van der Waals surface area contributed by atoms with Gasteiger partial charge in [0, 0.05) is 44.4 Å². The molecule has 3 amide bonds. The number of amides is 3. The van der Waals surface area contributed by atoms with Crippen LogP contribution in [0.25, 0.3) is 11.0 Å². The van der Waals surface area contributed by atoms with Crippen LogP contribution >= 0.6 is 0 Å². The van der Waals surface area contributed by atoms with Crippen molar-refractivity contribution in [2.45, 2.75) is 25.8 Å². The van der Waals surface area contributed by atoms with E-state index < -0.39 is 5.91 Å². The molecule has 3 aromatic rings. The van der Waals surface area contributed by atoms with Gasteiger partial charge in [-0.3, -0.25) is 14.4 Å². The highest BCUT2D eigenvalue weighted by molar-refractivity contribution is 6.06. The number of fused-ring (bicyclic) bond motifs is 1. The number of carbonyl (C=O) groups excluding carboxylic acids is 3. The fourth-order valence-corrected chi connectivity index (χ4v) is 3.99. The second-order valence-corrected chi connectivity index (χ2v) is 7.69. The lowest BCUT2D eigenvalue weighted by Gasteiger charge is -2.18. The average Bonchev–Trinajstić information content (AvgIpc) is 3.36. The number of aromatic nitrogens is 2. The van der Waals surface area contributed by atoms with E-state index in [1.165, 1.54) is 0 Å². The van der Waals surface area contributed by atoms with Gasteiger partial charge in [-0.25, -0.2) is 4.98 Å². The fraction of sp³-hybridized carbons (Fsp3) is 0.304. The second-order valence-electron chi connectivity index (χ2n) is 7.69. The van der Waals surface area contributed by atoms with Gasteiger partial charge < -0.3 is 20.1 Å². The Morgan fingerprint density at radius 2 is 1.90 bits per heavy atom. The van der Waals surface area contributed by atoms with Crippen molar-refractivity contribution in [2.24, 2.45) is 5.73 Å². The first kappa shape index (κ1) is 20.6. The predicted molar refractivity (Wildman–Crippen MR) is 118 cm³/mol. The number of likely N-dealkylation sites (tertiary alicyclic amines) is 1. The molecule has 0 saturated carbocycles. The summed E-state index contributed by atoms with van der Waals surface area (Å²) in [5, 5.41) is 0. The van der Waals surface area contributed by atoms with E-state index >= 15 is 0 Å². The van der Waals surface area contributed by atoms with E-state index in [4.69, 9.17) is 5.73 Å². The third kappa shape index (κ3) is 4.14. The molecule has 31 heavy (non-hydrogen) atoms. The van der Waals surface area contributed by atoms with Gasteiger partial charge in [0.05, 0.1) is 11.0 Å². The fourth-order valence-electron chi connectivity index (χ4n) is 3.99. The third-order valence-electron chi connectivity index (χ3n) is 5.65. The summed E-state index contributed by atoms with van der Waals surface area (Å²) in [6.45, 7) is 1.96. The first-order valence-electron chi connectivity index (χ1n) is 10.4. The first-order chi connectivity index (χ1) is 15.0. The minimum atomic E-state index is -0.608. The lowest BCUT2D eigenvalue weighted by molar-refractivity contribution is -0.127. The van der Waals surface area contributed by atoms with Crippen molar-refractivity contribution >= 4 is 34.4 Å². The Labute approximate surface area is 180 Å². The maximum absolute atomic E-state index is 12.7. The van der Waals surface area contributed by atoms with Crippen molar-refractivity contribution < 1.29 is 14.4 Å². The van der Waals surface area contributed by atoms with Crippen LogP contribution in [0.15, 0.2) is 48.5 Å². The highest BCUT2D eigenvalue weighted by Crippen LogP contribution is 2.24. The molecule has 4 rings (SSSR count). The Morgan fingerprint density at radius 3 is 2.58 bits per heavy atom. The van der Waals surface area contributed by atoms with Crippen LogP contribution in [0.2, 0.25) is 0 Å². The quantitative estimate of drug-likeness (QED) is 0.635. The summed E-state index contributed by atoms with van der Waals surface area (Å²) in [7, 11) is 1.70. The van der Waals surface area contributed by atoms with Gasteiger partial charge in [-0.05, 0) is 43.2 Å². The smallest absolute Gasteiger partial charge is 0.284 e. The van der Waals surface area contributed by atoms with Gasteiger partial charge in [0.15, 0.2) is 5.82 Å². The molecule has 2 N–H and O–H groups in total. The van der Waals surface area contributed by atoms with Gasteiger partial charge in [-0.1, -0.05) is 18.2 Å². The number of rotatable bonds is 7. The highest BCUT2D eigenvalue weighted by atomic mass is 16.2. The lowest BCUT2D eigenvalue weighted by Crippen LogP contribution is -2.27. The summed E-state index contributed by atoms with van der Waals surface area (Å²) in [4.78, 5) is 44.4. The molecule has 8 nitrogen and oxygen atoms in total. The number of hydrogen-bond donors (Lipinski definition) is 1. The van der Waals surface area contributed by atoms with E-state index in [0.717, 1.165) is 18.5 Å². The number of nitrogens with two attached hydrogens (primary N) is 1. The molecule has 160 valence electrons. The Hall–Kier alpha value is -3.68. The van der Waals surface area contributed by atoms with Crippen molar-refractivity contribution in [1.82, 2.24) is 14.5 Å². The normalized spacial score (nSPS) is 13.7. The topological polar surface area (TPSA) is 102 Å². The van der Waals surface area contributed by atoms with Crippen molar-refractivity contribution in [3.05, 3.63) is 59.9 Å². The van der Waals surface area contributed by atoms with Crippen LogP contribution in [0.3, 0.4) is 0 Å². The monoisotopic (exact) mass is 419 g/mol. The minimum absolute atomic E-state index is 0.134. The van der Waals surface area contributed by atoms with E-state index in [9.17, 15) is 14.4 Å². The summed E-state index contributed by atoms with van der Waals surface area (Å²) in [5.41, 5.74) is 8.19. The third-order valence-corrected chi connectivity index (χ3v) is 5.65. The summed E-state index contributed by atoms with van der Waals surface area (Å²) >= 11 is 0. The first-order valence-corrected chi connectivity index (χ1v) is 10.4. The number of hydrogen-bond acceptors (Lipinski definition) is 4. The van der Waals surface area contributed by atoms with Crippen molar-refractivity contribution in [1.29, 1.82) is 0 Å². The largest absolute Gasteiger partial charge is 0.363 e. The molecule has 0 unspecified atom stereocenters. The van der Waals surface area contributed by atoms with Crippen LogP contribution in [-0.4, -0.2) is 52.3 Å². The number of imidazole rings is 1. The number of primary amides is 1. The van der Waals surface area contributed by atoms with Gasteiger partial charge in [0.1, 0.15) is 0 Å². The van der Waals surface area contributed by atoms with Gasteiger partial charge in [0.25, 0.3) is 11.8 Å². The molecule has 1 fully saturated rings. The van der Waals surface area contributed by atoms with Crippen LogP contribution in [0, 0.1) is 0 Å². The summed E-state index contributed by atoms with van der Waals surface area (Å²) < 4.78 is 1.79. The molecule has 0 aliphatic carbocycles. The van der Waals surface area contributed by atoms with Crippen LogP contribution in [-0.2, 0) is 11.3 Å². The van der Waals surface area contributed by atoms with Crippen LogP contribution in [0.5, 0.6) is 0 Å². The number of benzene rings is 2. The van der Waals surface area contributed by atoms with Crippen molar-refractivity contribution in [2.75, 3.05) is 25.0 Å². The number of carbonyl (C=O) groups is 3. The molecule has 1 aliphatic heterocycles. The van der Waals surface area contributed by atoms with Crippen LogP contribution < -0.4 is 10.6 Å². The van der Waals surface area contributed by atoms with E-state index in [-0.39, 0.29) is 17.6 Å². The second kappa shape index (κ2) is 8.59. The molecule has 0 radical (unpaired) electrons. The maximum atomic E-state index is 12.7. The maximum Gasteiger partial charge on any atom is 0.284 e. The molecule has 8 heteroatoms. The number of anilines is 1. The van der Waals surface area contributed by atoms with E-state index in [0.29, 0.717) is 42.7 Å². The molecule has 1 aromatic heterocycles. The molecule has 1 saturated heterocycles. The molecule has 1 aliphatic rings. The predicted octanol–water partition coefficient (Wildman–Crippen LogP) is 2.42. The van der Waals surface area contributed by atoms with Crippen LogP contribution in [0.1, 0.15) is 40.2 Å². The number of aryl methyl sites for hydroxylation is 1. The van der Waals surface area contributed by atoms with E-state index in [1.54, 1.807) is 34.7 Å². The molecular weight excluding hydrogens is 394 g/mol. The zero-order valence-corrected chi connectivity index (χ0v) is 17.5. The summed E-state index contributed by atoms with van der Waals surface area (Å²) in [6.07, 6.45) is 2.21. The SMILES string of the molecule is CN(C(=O)c1ccccc1)c1ccc2c(c1)nc(C(N)=O)n2CCCN1CCCC1=O. The van der Waals surface area contributed by atoms with Gasteiger partial charge in [-0.2, -0.15) is 0 Å². The highest BCUT2D eigenvalue weighted by Gasteiger charge is 2.21.